The molecular weight excluding hydrogens is 150 g/mol. The molecule has 2 heteroatoms. The number of hydrogen-bond acceptors (Lipinski definition) is 2. The van der Waals surface area contributed by atoms with Gasteiger partial charge in [-0.3, -0.25) is 4.79 Å². The molecular formula is C10H8NO. The average Bonchev–Trinajstić information content (AvgIpc) is 2.03. The molecule has 0 N–H and O–H groups in total. The fourth-order valence-electron chi connectivity index (χ4n) is 0.979. The van der Waals surface area contributed by atoms with E-state index in [0.29, 0.717) is 12.0 Å². The summed E-state index contributed by atoms with van der Waals surface area (Å²) >= 11 is 0. The second-order valence-corrected chi connectivity index (χ2v) is 2.53. The van der Waals surface area contributed by atoms with Crippen molar-refractivity contribution < 1.29 is 4.79 Å². The van der Waals surface area contributed by atoms with Gasteiger partial charge in [0, 0.05) is 13.3 Å². The summed E-state index contributed by atoms with van der Waals surface area (Å²) in [6, 6.07) is 8.98. The van der Waals surface area contributed by atoms with Crippen LogP contribution in [0.1, 0.15) is 11.1 Å². The van der Waals surface area contributed by atoms with Crippen molar-refractivity contribution in [1.29, 1.82) is 5.26 Å². The number of Topliss-reactive ketones (excluding diaryl/α,β-unsaturated/α-hetero) is 1. The van der Waals surface area contributed by atoms with E-state index >= 15 is 0 Å². The fourth-order valence-corrected chi connectivity index (χ4v) is 0.979. The topological polar surface area (TPSA) is 40.9 Å². The van der Waals surface area contributed by atoms with Crippen LogP contribution in [0.5, 0.6) is 0 Å². The van der Waals surface area contributed by atoms with Crippen molar-refractivity contribution in [1.82, 2.24) is 0 Å². The number of carbonyl (C=O) groups excluding carboxylic acids is 1. The van der Waals surface area contributed by atoms with Crippen LogP contribution in [-0.4, -0.2) is 5.78 Å². The first-order chi connectivity index (χ1) is 5.72. The molecule has 1 rings (SSSR count). The summed E-state index contributed by atoms with van der Waals surface area (Å²) in [5, 5.41) is 8.55. The van der Waals surface area contributed by atoms with Crippen LogP contribution < -0.4 is 0 Å². The molecule has 0 atom stereocenters. The van der Waals surface area contributed by atoms with Crippen LogP contribution in [-0.2, 0) is 11.2 Å². The largest absolute Gasteiger partial charge is 0.299 e. The molecule has 0 spiro atoms. The van der Waals surface area contributed by atoms with E-state index < -0.39 is 0 Å². The zero-order chi connectivity index (χ0) is 8.97. The Morgan fingerprint density at radius 2 is 2.33 bits per heavy atom. The van der Waals surface area contributed by atoms with Gasteiger partial charge in [-0.25, -0.2) is 0 Å². The molecule has 0 saturated heterocycles. The summed E-state index contributed by atoms with van der Waals surface area (Å²) in [5.74, 6) is -0.134. The van der Waals surface area contributed by atoms with Crippen molar-refractivity contribution in [3.05, 3.63) is 42.3 Å². The number of nitriles is 1. The number of carbonyl (C=O) groups is 1. The van der Waals surface area contributed by atoms with Gasteiger partial charge < -0.3 is 0 Å². The van der Waals surface area contributed by atoms with Gasteiger partial charge in [0.2, 0.25) is 0 Å². The van der Waals surface area contributed by atoms with E-state index in [1.807, 2.05) is 12.1 Å². The number of ketones is 1. The van der Waals surface area contributed by atoms with Crippen molar-refractivity contribution in [2.75, 3.05) is 0 Å². The van der Waals surface area contributed by atoms with Gasteiger partial charge in [-0.15, -0.1) is 0 Å². The van der Waals surface area contributed by atoms with Gasteiger partial charge in [0.05, 0.1) is 11.6 Å². The third-order valence-electron chi connectivity index (χ3n) is 1.46. The number of nitrogens with zero attached hydrogens (tertiary/aromatic N) is 1. The van der Waals surface area contributed by atoms with Crippen LogP contribution in [0.25, 0.3) is 0 Å². The van der Waals surface area contributed by atoms with Gasteiger partial charge in [-0.1, -0.05) is 12.1 Å². The minimum atomic E-state index is -0.134. The molecule has 0 aliphatic rings. The summed E-state index contributed by atoms with van der Waals surface area (Å²) in [7, 11) is 0. The van der Waals surface area contributed by atoms with E-state index in [4.69, 9.17) is 5.26 Å². The highest BCUT2D eigenvalue weighted by molar-refractivity contribution is 5.84. The predicted octanol–water partition coefficient (Wildman–Crippen LogP) is 1.50. The number of rotatable bonds is 2. The van der Waals surface area contributed by atoms with Gasteiger partial charge in [0.15, 0.2) is 0 Å². The quantitative estimate of drug-likeness (QED) is 0.654. The second kappa shape index (κ2) is 3.68. The van der Waals surface area contributed by atoms with Crippen LogP contribution >= 0.6 is 0 Å². The zero-order valence-electron chi connectivity index (χ0n) is 6.58. The third kappa shape index (κ3) is 2.21. The number of benzene rings is 1. The summed E-state index contributed by atoms with van der Waals surface area (Å²) in [4.78, 5) is 10.6. The lowest BCUT2D eigenvalue weighted by Gasteiger charge is -1.96. The first kappa shape index (κ1) is 8.48. The van der Waals surface area contributed by atoms with Gasteiger partial charge >= 0.3 is 0 Å². The monoisotopic (exact) mass is 158 g/mol. The normalized spacial score (nSPS) is 9.00. The standard InChI is InChI=1S/C10H8NO/c1-8(12)5-9-3-2-4-10(6-9)7-11/h2-4,6H,1,5H2. The number of hydrogen-bond donors (Lipinski definition) is 0. The Kier molecular flexibility index (Phi) is 2.60. The van der Waals surface area contributed by atoms with Crippen molar-refractivity contribution in [3.63, 3.8) is 0 Å². The SMILES string of the molecule is [CH2]C(=O)Cc1cccc(C#N)c1. The van der Waals surface area contributed by atoms with Crippen LogP contribution in [0.2, 0.25) is 0 Å². The van der Waals surface area contributed by atoms with E-state index in [9.17, 15) is 4.79 Å². The first-order valence-electron chi connectivity index (χ1n) is 3.56. The first-order valence-corrected chi connectivity index (χ1v) is 3.56. The predicted molar refractivity (Wildman–Crippen MR) is 45.2 cm³/mol. The Labute approximate surface area is 71.4 Å². The highest BCUT2D eigenvalue weighted by Crippen LogP contribution is 2.04. The van der Waals surface area contributed by atoms with E-state index in [0.717, 1.165) is 5.56 Å². The van der Waals surface area contributed by atoms with Crippen LogP contribution in [0.4, 0.5) is 0 Å². The molecule has 2 nitrogen and oxygen atoms in total. The van der Waals surface area contributed by atoms with Crippen molar-refractivity contribution >= 4 is 5.78 Å². The lowest BCUT2D eigenvalue weighted by atomic mass is 10.1. The van der Waals surface area contributed by atoms with Crippen molar-refractivity contribution in [3.8, 4) is 6.07 Å². The molecule has 0 amide bonds. The van der Waals surface area contributed by atoms with E-state index in [1.165, 1.54) is 0 Å². The van der Waals surface area contributed by atoms with E-state index in [2.05, 4.69) is 6.92 Å². The maximum absolute atomic E-state index is 10.6. The van der Waals surface area contributed by atoms with E-state index in [-0.39, 0.29) is 5.78 Å². The summed E-state index contributed by atoms with van der Waals surface area (Å²) in [6.45, 7) is 3.27. The van der Waals surface area contributed by atoms with Gasteiger partial charge in [0.1, 0.15) is 5.78 Å². The molecule has 1 aromatic rings. The van der Waals surface area contributed by atoms with Gasteiger partial charge in [-0.2, -0.15) is 5.26 Å². The molecule has 59 valence electrons. The van der Waals surface area contributed by atoms with E-state index in [1.54, 1.807) is 18.2 Å². The Morgan fingerprint density at radius 3 is 2.92 bits per heavy atom. The summed E-state index contributed by atoms with van der Waals surface area (Å²) in [6.07, 6.45) is 0.301. The molecule has 12 heavy (non-hydrogen) atoms. The molecule has 1 aromatic carbocycles. The van der Waals surface area contributed by atoms with Crippen LogP contribution in [0.3, 0.4) is 0 Å². The summed E-state index contributed by atoms with van der Waals surface area (Å²) < 4.78 is 0. The molecule has 0 heterocycles. The maximum atomic E-state index is 10.6. The van der Waals surface area contributed by atoms with Crippen molar-refractivity contribution in [2.24, 2.45) is 0 Å². The molecule has 0 saturated carbocycles. The summed E-state index contributed by atoms with van der Waals surface area (Å²) in [5.41, 5.74) is 1.42. The average molecular weight is 158 g/mol. The molecule has 0 aliphatic heterocycles. The van der Waals surface area contributed by atoms with Gasteiger partial charge in [0.25, 0.3) is 0 Å². The maximum Gasteiger partial charge on any atom is 0.137 e. The highest BCUT2D eigenvalue weighted by Gasteiger charge is 1.97. The Morgan fingerprint density at radius 1 is 1.58 bits per heavy atom. The Balaban J connectivity index is 2.88. The van der Waals surface area contributed by atoms with Gasteiger partial charge in [-0.05, 0) is 17.7 Å². The molecule has 0 bridgehead atoms. The molecule has 0 fully saturated rings. The zero-order valence-corrected chi connectivity index (χ0v) is 6.58. The smallest absolute Gasteiger partial charge is 0.137 e. The minimum absolute atomic E-state index is 0.134. The third-order valence-corrected chi connectivity index (χ3v) is 1.46. The highest BCUT2D eigenvalue weighted by atomic mass is 16.1. The lowest BCUT2D eigenvalue weighted by molar-refractivity contribution is -0.114. The second-order valence-electron chi connectivity index (χ2n) is 2.53. The fraction of sp³-hybridized carbons (Fsp3) is 0.100. The minimum Gasteiger partial charge on any atom is -0.299 e. The van der Waals surface area contributed by atoms with Crippen LogP contribution in [0, 0.1) is 18.3 Å². The molecule has 0 aliphatic carbocycles. The van der Waals surface area contributed by atoms with Crippen molar-refractivity contribution in [2.45, 2.75) is 6.42 Å². The molecule has 0 unspecified atom stereocenters. The molecule has 1 radical (unpaired) electrons. The van der Waals surface area contributed by atoms with Crippen LogP contribution in [0.15, 0.2) is 24.3 Å². The Bertz CT molecular complexity index is 336. The Hall–Kier alpha value is -1.62. The lowest BCUT2D eigenvalue weighted by Crippen LogP contribution is -1.96. The molecule has 0 aromatic heterocycles.